The molecule has 0 radical (unpaired) electrons. The van der Waals surface area contributed by atoms with Crippen molar-refractivity contribution < 1.29 is 17.7 Å². The first-order valence-corrected chi connectivity index (χ1v) is 11.2. The number of aromatic nitrogens is 1. The average molecular weight is 443 g/mol. The SMILES string of the molecule is CC(=O)Nc1onc(C)c1-c1ccc(C)c(S(=O)(=O)NCc2ccc(N(C)C)cc2)c1. The summed E-state index contributed by atoms with van der Waals surface area (Å²) in [5.41, 5.74) is 4.18. The van der Waals surface area contributed by atoms with Crippen LogP contribution in [0.3, 0.4) is 0 Å². The summed E-state index contributed by atoms with van der Waals surface area (Å²) in [7, 11) is 0.116. The molecule has 1 aromatic heterocycles. The van der Waals surface area contributed by atoms with Gasteiger partial charge in [-0.05, 0) is 48.7 Å². The van der Waals surface area contributed by atoms with Crippen LogP contribution in [0.1, 0.15) is 23.7 Å². The Bertz CT molecular complexity index is 1200. The van der Waals surface area contributed by atoms with Crippen molar-refractivity contribution in [1.29, 1.82) is 0 Å². The van der Waals surface area contributed by atoms with E-state index < -0.39 is 10.0 Å². The number of carbonyl (C=O) groups is 1. The number of aryl methyl sites for hydroxylation is 2. The number of carbonyl (C=O) groups excluding carboxylic acids is 1. The maximum absolute atomic E-state index is 13.0. The summed E-state index contributed by atoms with van der Waals surface area (Å²) in [6, 6.07) is 12.7. The highest BCUT2D eigenvalue weighted by atomic mass is 32.2. The summed E-state index contributed by atoms with van der Waals surface area (Å²) in [4.78, 5) is 13.6. The fraction of sp³-hybridized carbons (Fsp3) is 0.273. The van der Waals surface area contributed by atoms with Gasteiger partial charge in [-0.15, -0.1) is 0 Å². The number of amides is 1. The van der Waals surface area contributed by atoms with Gasteiger partial charge in [-0.25, -0.2) is 13.1 Å². The van der Waals surface area contributed by atoms with Crippen LogP contribution in [0.15, 0.2) is 51.9 Å². The van der Waals surface area contributed by atoms with Crippen molar-refractivity contribution in [2.75, 3.05) is 24.3 Å². The normalized spacial score (nSPS) is 11.4. The smallest absolute Gasteiger partial charge is 0.241 e. The Hall–Kier alpha value is -3.17. The third-order valence-corrected chi connectivity index (χ3v) is 6.38. The van der Waals surface area contributed by atoms with Crippen LogP contribution in [0.4, 0.5) is 11.6 Å². The standard InChI is InChI=1S/C22H26N4O4S/c1-14-6-9-18(21-15(2)25-30-22(21)24-16(3)27)12-20(14)31(28,29)23-13-17-7-10-19(11-8-17)26(4)5/h6-12,23H,13H2,1-5H3,(H,24,27). The number of hydrogen-bond donors (Lipinski definition) is 2. The third kappa shape index (κ3) is 5.12. The molecule has 1 heterocycles. The van der Waals surface area contributed by atoms with E-state index in [0.717, 1.165) is 11.3 Å². The fourth-order valence-electron chi connectivity index (χ4n) is 3.17. The Morgan fingerprint density at radius 1 is 1.10 bits per heavy atom. The van der Waals surface area contributed by atoms with Gasteiger partial charge < -0.3 is 9.42 Å². The van der Waals surface area contributed by atoms with Crippen LogP contribution in [0.5, 0.6) is 0 Å². The molecule has 8 nitrogen and oxygen atoms in total. The van der Waals surface area contributed by atoms with Crippen LogP contribution in [-0.4, -0.2) is 33.6 Å². The molecule has 31 heavy (non-hydrogen) atoms. The largest absolute Gasteiger partial charge is 0.378 e. The summed E-state index contributed by atoms with van der Waals surface area (Å²) < 4.78 is 33.9. The summed E-state index contributed by atoms with van der Waals surface area (Å²) in [6.07, 6.45) is 0. The second-order valence-electron chi connectivity index (χ2n) is 7.52. The van der Waals surface area contributed by atoms with Crippen LogP contribution in [0.2, 0.25) is 0 Å². The van der Waals surface area contributed by atoms with E-state index in [4.69, 9.17) is 4.52 Å². The van der Waals surface area contributed by atoms with Crippen molar-refractivity contribution in [3.63, 3.8) is 0 Å². The second-order valence-corrected chi connectivity index (χ2v) is 9.25. The van der Waals surface area contributed by atoms with E-state index >= 15 is 0 Å². The minimum absolute atomic E-state index is 0.157. The molecule has 0 unspecified atom stereocenters. The van der Waals surface area contributed by atoms with Gasteiger partial charge in [-0.1, -0.05) is 29.4 Å². The molecule has 0 fully saturated rings. The van der Waals surface area contributed by atoms with Crippen molar-refractivity contribution in [3.8, 4) is 11.1 Å². The molecule has 0 saturated heterocycles. The van der Waals surface area contributed by atoms with Gasteiger partial charge in [0, 0.05) is 33.3 Å². The van der Waals surface area contributed by atoms with Gasteiger partial charge in [-0.3, -0.25) is 10.1 Å². The zero-order valence-corrected chi connectivity index (χ0v) is 19.0. The first-order valence-electron chi connectivity index (χ1n) is 9.69. The monoisotopic (exact) mass is 442 g/mol. The Kier molecular flexibility index (Phi) is 6.47. The maximum Gasteiger partial charge on any atom is 0.241 e. The summed E-state index contributed by atoms with van der Waals surface area (Å²) in [5.74, 6) is -0.120. The highest BCUT2D eigenvalue weighted by Crippen LogP contribution is 2.33. The van der Waals surface area contributed by atoms with Crippen molar-refractivity contribution in [3.05, 3.63) is 59.3 Å². The lowest BCUT2D eigenvalue weighted by Crippen LogP contribution is -2.24. The van der Waals surface area contributed by atoms with Crippen molar-refractivity contribution >= 4 is 27.5 Å². The lowest BCUT2D eigenvalue weighted by atomic mass is 10.0. The molecule has 164 valence electrons. The Balaban J connectivity index is 1.89. The number of sulfonamides is 1. The van der Waals surface area contributed by atoms with Gasteiger partial charge in [-0.2, -0.15) is 0 Å². The van der Waals surface area contributed by atoms with Gasteiger partial charge in [0.15, 0.2) is 0 Å². The number of nitrogens with one attached hydrogen (secondary N) is 2. The van der Waals surface area contributed by atoms with E-state index in [2.05, 4.69) is 15.2 Å². The molecule has 1 amide bonds. The summed E-state index contributed by atoms with van der Waals surface area (Å²) in [5, 5.41) is 6.49. The predicted molar refractivity (Wildman–Crippen MR) is 121 cm³/mol. The van der Waals surface area contributed by atoms with Crippen molar-refractivity contribution in [2.24, 2.45) is 0 Å². The molecule has 9 heteroatoms. The third-order valence-electron chi connectivity index (χ3n) is 4.84. The highest BCUT2D eigenvalue weighted by Gasteiger charge is 2.21. The van der Waals surface area contributed by atoms with E-state index in [1.165, 1.54) is 6.92 Å². The zero-order chi connectivity index (χ0) is 22.8. The number of nitrogens with zero attached hydrogens (tertiary/aromatic N) is 2. The van der Waals surface area contributed by atoms with Crippen LogP contribution < -0.4 is 14.9 Å². The first-order chi connectivity index (χ1) is 14.6. The number of hydrogen-bond acceptors (Lipinski definition) is 6. The molecule has 0 aliphatic carbocycles. The first kappa shape index (κ1) is 22.5. The molecule has 2 N–H and O–H groups in total. The molecule has 0 aliphatic heterocycles. The zero-order valence-electron chi connectivity index (χ0n) is 18.2. The van der Waals surface area contributed by atoms with Gasteiger partial charge in [0.2, 0.25) is 21.8 Å². The summed E-state index contributed by atoms with van der Waals surface area (Å²) >= 11 is 0. The fourth-order valence-corrected chi connectivity index (χ4v) is 4.45. The average Bonchev–Trinajstić information content (AvgIpc) is 3.06. The Morgan fingerprint density at radius 3 is 2.39 bits per heavy atom. The molecule has 3 rings (SSSR count). The molecule has 0 aliphatic rings. The second kappa shape index (κ2) is 8.91. The van der Waals surface area contributed by atoms with Crippen LogP contribution in [0, 0.1) is 13.8 Å². The molecule has 2 aromatic carbocycles. The topological polar surface area (TPSA) is 105 Å². The molecule has 0 atom stereocenters. The van der Waals surface area contributed by atoms with Crippen molar-refractivity contribution in [1.82, 2.24) is 9.88 Å². The van der Waals surface area contributed by atoms with E-state index in [1.54, 1.807) is 32.0 Å². The van der Waals surface area contributed by atoms with Gasteiger partial charge >= 0.3 is 0 Å². The van der Waals surface area contributed by atoms with Gasteiger partial charge in [0.1, 0.15) is 0 Å². The van der Waals surface area contributed by atoms with E-state index in [-0.39, 0.29) is 23.2 Å². The molecular weight excluding hydrogens is 416 g/mol. The van der Waals surface area contributed by atoms with Crippen molar-refractivity contribution in [2.45, 2.75) is 32.2 Å². The van der Waals surface area contributed by atoms with E-state index in [1.807, 2.05) is 43.3 Å². The summed E-state index contributed by atoms with van der Waals surface area (Å²) in [6.45, 7) is 5.00. The number of anilines is 2. The number of benzene rings is 2. The Morgan fingerprint density at radius 2 is 1.77 bits per heavy atom. The molecule has 0 saturated carbocycles. The van der Waals surface area contributed by atoms with Gasteiger partial charge in [0.25, 0.3) is 0 Å². The maximum atomic E-state index is 13.0. The Labute approximate surface area is 182 Å². The number of rotatable bonds is 7. The highest BCUT2D eigenvalue weighted by molar-refractivity contribution is 7.89. The van der Waals surface area contributed by atoms with E-state index in [0.29, 0.717) is 22.4 Å². The molecule has 0 bridgehead atoms. The minimum Gasteiger partial charge on any atom is -0.378 e. The molecular formula is C22H26N4O4S. The quantitative estimate of drug-likeness (QED) is 0.581. The van der Waals surface area contributed by atoms with Gasteiger partial charge in [0.05, 0.1) is 16.2 Å². The minimum atomic E-state index is -3.78. The molecule has 3 aromatic rings. The predicted octanol–water partition coefficient (Wildman–Crippen LogP) is 3.46. The lowest BCUT2D eigenvalue weighted by Gasteiger charge is -2.14. The van der Waals surface area contributed by atoms with Crippen LogP contribution in [0.25, 0.3) is 11.1 Å². The molecule has 0 spiro atoms. The van der Waals surface area contributed by atoms with Crippen LogP contribution in [-0.2, 0) is 21.4 Å². The van der Waals surface area contributed by atoms with E-state index in [9.17, 15) is 13.2 Å². The van der Waals surface area contributed by atoms with Crippen LogP contribution >= 0.6 is 0 Å². The lowest BCUT2D eigenvalue weighted by molar-refractivity contribution is -0.114.